The molecule has 0 bridgehead atoms. The van der Waals surface area contributed by atoms with Gasteiger partial charge in [0.2, 0.25) is 15.2 Å². The van der Waals surface area contributed by atoms with Crippen LogP contribution in [0.4, 0.5) is 19.3 Å². The van der Waals surface area contributed by atoms with Gasteiger partial charge in [0.05, 0.1) is 22.7 Å². The molecular weight excluding hydrogens is 528 g/mol. The molecule has 12 nitrogen and oxygen atoms in total. The third-order valence-corrected chi connectivity index (χ3v) is 8.80. The van der Waals surface area contributed by atoms with Gasteiger partial charge in [-0.15, -0.1) is 10.2 Å². The number of halogens is 2. The molecule has 1 saturated carbocycles. The lowest BCUT2D eigenvalue weighted by Crippen LogP contribution is -2.40. The summed E-state index contributed by atoms with van der Waals surface area (Å²) in [6.45, 7) is 1.92. The van der Waals surface area contributed by atoms with Crippen LogP contribution in [0.15, 0.2) is 23.2 Å². The van der Waals surface area contributed by atoms with Gasteiger partial charge in [0.1, 0.15) is 5.54 Å². The molecule has 1 aliphatic carbocycles. The van der Waals surface area contributed by atoms with E-state index in [9.17, 15) is 27.3 Å². The third kappa shape index (κ3) is 4.81. The van der Waals surface area contributed by atoms with Crippen molar-refractivity contribution >= 4 is 44.0 Å². The maximum atomic E-state index is 13.3. The third-order valence-electron chi connectivity index (χ3n) is 6.38. The molecule has 1 saturated heterocycles. The summed E-state index contributed by atoms with van der Waals surface area (Å²) in [4.78, 5) is 15.7. The van der Waals surface area contributed by atoms with Gasteiger partial charge in [0.15, 0.2) is 5.01 Å². The molecule has 196 valence electrons. The van der Waals surface area contributed by atoms with Crippen LogP contribution in [0.25, 0.3) is 16.0 Å². The van der Waals surface area contributed by atoms with Crippen molar-refractivity contribution in [3.63, 3.8) is 0 Å². The number of nitrogens with zero attached hydrogens (tertiary/aromatic N) is 7. The zero-order chi connectivity index (χ0) is 26.4. The summed E-state index contributed by atoms with van der Waals surface area (Å²) < 4.78 is 56.7. The number of urea groups is 1. The number of aromatic nitrogens is 4. The highest BCUT2D eigenvalue weighted by molar-refractivity contribution is 7.89. The summed E-state index contributed by atoms with van der Waals surface area (Å²) in [5.74, 6) is 0. The Kier molecular flexibility index (Phi) is 6.46. The Bertz CT molecular complexity index is 1490. The molecule has 2 aromatic heterocycles. The number of alkyl halides is 2. The smallest absolute Gasteiger partial charge is 0.317 e. The van der Waals surface area contributed by atoms with E-state index >= 15 is 0 Å². The predicted molar refractivity (Wildman–Crippen MR) is 130 cm³/mol. The van der Waals surface area contributed by atoms with Gasteiger partial charge in [-0.2, -0.15) is 15.1 Å². The number of nitriles is 1. The number of benzene rings is 1. The van der Waals surface area contributed by atoms with E-state index in [4.69, 9.17) is 0 Å². The molecule has 0 radical (unpaired) electrons. The molecule has 37 heavy (non-hydrogen) atoms. The van der Waals surface area contributed by atoms with Crippen LogP contribution in [0.5, 0.6) is 0 Å². The van der Waals surface area contributed by atoms with E-state index in [1.165, 1.54) is 23.0 Å². The summed E-state index contributed by atoms with van der Waals surface area (Å²) in [6.07, 6.45) is 0.197. The number of fused-ring (bicyclic) bond motifs is 1. The molecule has 0 spiro atoms. The molecule has 3 aromatic rings. The Labute approximate surface area is 214 Å². The maximum absolute atomic E-state index is 13.3. The zero-order valence-corrected chi connectivity index (χ0v) is 21.3. The van der Waals surface area contributed by atoms with E-state index in [2.05, 4.69) is 25.3 Å². The Morgan fingerprint density at radius 2 is 2.00 bits per heavy atom. The van der Waals surface area contributed by atoms with Gasteiger partial charge in [-0.25, -0.2) is 26.7 Å². The standard InChI is InChI=1S/C21H23F2N9O3S2/c1-25-19(33)31-6-2-5-30(7-8-31)15-9-13(37(34,35)29-21(12-24)3-4-21)10-16-14(15)11-26-32(16)20-28-27-18(36-20)17(22)23/h9-11,17,29H,2-8H2,1H3,(H,25,33). The minimum Gasteiger partial charge on any atom is -0.369 e. The first-order valence-corrected chi connectivity index (χ1v) is 13.8. The topological polar surface area (TPSA) is 149 Å². The second-order valence-electron chi connectivity index (χ2n) is 8.84. The number of hydrogen-bond acceptors (Lipinski definition) is 9. The Hall–Kier alpha value is -3.42. The number of hydrogen-bond donors (Lipinski definition) is 2. The van der Waals surface area contributed by atoms with Crippen LogP contribution in [0.1, 0.15) is 30.7 Å². The van der Waals surface area contributed by atoms with Gasteiger partial charge in [0.25, 0.3) is 6.43 Å². The number of carbonyl (C=O) groups is 1. The molecule has 1 aromatic carbocycles. The molecule has 0 unspecified atom stereocenters. The van der Waals surface area contributed by atoms with Crippen molar-refractivity contribution in [3.05, 3.63) is 23.3 Å². The van der Waals surface area contributed by atoms with Crippen molar-refractivity contribution in [2.75, 3.05) is 38.1 Å². The minimum atomic E-state index is -4.11. The quantitative estimate of drug-likeness (QED) is 0.473. The molecule has 2 aliphatic rings. The molecule has 2 fully saturated rings. The van der Waals surface area contributed by atoms with Crippen LogP contribution in [0.2, 0.25) is 0 Å². The molecule has 5 rings (SSSR count). The van der Waals surface area contributed by atoms with E-state index in [0.29, 0.717) is 73.4 Å². The Morgan fingerprint density at radius 3 is 2.65 bits per heavy atom. The summed E-state index contributed by atoms with van der Waals surface area (Å²) in [5, 5.41) is 23.8. The van der Waals surface area contributed by atoms with E-state index in [1.54, 1.807) is 11.9 Å². The summed E-state index contributed by atoms with van der Waals surface area (Å²) >= 11 is 0.657. The zero-order valence-electron chi connectivity index (χ0n) is 19.7. The highest BCUT2D eigenvalue weighted by atomic mass is 32.2. The van der Waals surface area contributed by atoms with Crippen molar-refractivity contribution in [3.8, 4) is 11.2 Å². The fraction of sp³-hybridized carbons (Fsp3) is 0.476. The van der Waals surface area contributed by atoms with Crippen LogP contribution >= 0.6 is 11.3 Å². The molecule has 2 amide bonds. The lowest BCUT2D eigenvalue weighted by atomic mass is 10.2. The average Bonchev–Trinajstić information content (AvgIpc) is 3.33. The van der Waals surface area contributed by atoms with E-state index in [1.807, 2.05) is 11.0 Å². The number of sulfonamides is 1. The van der Waals surface area contributed by atoms with Crippen molar-refractivity contribution in [1.29, 1.82) is 5.26 Å². The second kappa shape index (κ2) is 9.47. The number of carbonyl (C=O) groups excluding carboxylic acids is 1. The van der Waals surface area contributed by atoms with Crippen molar-refractivity contribution in [1.82, 2.24) is 34.9 Å². The highest BCUT2D eigenvalue weighted by Gasteiger charge is 2.47. The fourth-order valence-corrected chi connectivity index (χ4v) is 6.34. The number of rotatable bonds is 6. The Morgan fingerprint density at radius 1 is 1.22 bits per heavy atom. The number of anilines is 1. The lowest BCUT2D eigenvalue weighted by Gasteiger charge is -2.25. The van der Waals surface area contributed by atoms with Gasteiger partial charge >= 0.3 is 6.03 Å². The van der Waals surface area contributed by atoms with Crippen LogP contribution in [0.3, 0.4) is 0 Å². The first-order chi connectivity index (χ1) is 17.7. The van der Waals surface area contributed by atoms with E-state index in [0.717, 1.165) is 0 Å². The lowest BCUT2D eigenvalue weighted by molar-refractivity contribution is 0.150. The molecule has 0 atom stereocenters. The predicted octanol–water partition coefficient (Wildman–Crippen LogP) is 2.00. The summed E-state index contributed by atoms with van der Waals surface area (Å²) in [5.41, 5.74) is -0.233. The first kappa shape index (κ1) is 25.2. The minimum absolute atomic E-state index is 0.0658. The monoisotopic (exact) mass is 551 g/mol. The summed E-state index contributed by atoms with van der Waals surface area (Å²) in [6, 6.07) is 4.73. The maximum Gasteiger partial charge on any atom is 0.317 e. The van der Waals surface area contributed by atoms with Crippen LogP contribution < -0.4 is 14.9 Å². The van der Waals surface area contributed by atoms with E-state index < -0.39 is 27.0 Å². The summed E-state index contributed by atoms with van der Waals surface area (Å²) in [7, 11) is -2.55. The molecule has 1 aliphatic heterocycles. The SMILES string of the molecule is CNC(=O)N1CCCN(c2cc(S(=O)(=O)NC3(C#N)CC3)cc3c2cnn3-c2nnc(C(F)F)s2)CC1. The first-order valence-electron chi connectivity index (χ1n) is 11.5. The van der Waals surface area contributed by atoms with Gasteiger partial charge < -0.3 is 15.1 Å². The highest BCUT2D eigenvalue weighted by Crippen LogP contribution is 2.38. The fourth-order valence-electron chi connectivity index (χ4n) is 4.25. The normalized spacial score (nSPS) is 17.6. The van der Waals surface area contributed by atoms with Crippen LogP contribution in [0, 0.1) is 11.3 Å². The number of nitrogens with one attached hydrogen (secondary N) is 2. The van der Waals surface area contributed by atoms with E-state index in [-0.39, 0.29) is 16.1 Å². The van der Waals surface area contributed by atoms with Crippen molar-refractivity contribution in [2.45, 2.75) is 36.1 Å². The van der Waals surface area contributed by atoms with Crippen molar-refractivity contribution < 1.29 is 22.0 Å². The molecule has 3 heterocycles. The second-order valence-corrected chi connectivity index (χ2v) is 11.5. The Balaban J connectivity index is 1.60. The van der Waals surface area contributed by atoms with Gasteiger partial charge in [-0.05, 0) is 31.4 Å². The molecular formula is C21H23F2N9O3S2. The van der Waals surface area contributed by atoms with Gasteiger partial charge in [-0.1, -0.05) is 11.3 Å². The van der Waals surface area contributed by atoms with Crippen molar-refractivity contribution in [2.24, 2.45) is 0 Å². The largest absolute Gasteiger partial charge is 0.369 e. The van der Waals surface area contributed by atoms with Crippen LogP contribution in [-0.2, 0) is 10.0 Å². The molecule has 2 N–H and O–H groups in total. The average molecular weight is 552 g/mol. The number of amides is 2. The van der Waals surface area contributed by atoms with Crippen LogP contribution in [-0.4, -0.2) is 78.1 Å². The van der Waals surface area contributed by atoms with Gasteiger partial charge in [-0.3, -0.25) is 0 Å². The molecule has 16 heteroatoms. The van der Waals surface area contributed by atoms with Gasteiger partial charge in [0, 0.05) is 44.3 Å².